The maximum Gasteiger partial charge on any atom is 0.328 e. The topological polar surface area (TPSA) is 116 Å². The first-order valence-corrected chi connectivity index (χ1v) is 11.2. The number of nitrogens with one attached hydrogen (secondary N) is 1. The molecule has 0 aliphatic rings. The Hall–Kier alpha value is -3.26. The van der Waals surface area contributed by atoms with E-state index in [0.717, 1.165) is 49.6 Å². The molecule has 2 rings (SSSR count). The maximum atomic E-state index is 9.55. The number of likely N-dealkylation sites (N-methyl/N-ethyl adjacent to an activating group) is 1. The van der Waals surface area contributed by atoms with Crippen molar-refractivity contribution in [3.63, 3.8) is 0 Å². The van der Waals surface area contributed by atoms with Gasteiger partial charge in [-0.3, -0.25) is 4.90 Å². The first-order chi connectivity index (χ1) is 15.6. The average Bonchev–Trinajstić information content (AvgIpc) is 2.78. The highest BCUT2D eigenvalue weighted by Crippen LogP contribution is 2.24. The van der Waals surface area contributed by atoms with E-state index in [4.69, 9.17) is 10.2 Å². The van der Waals surface area contributed by atoms with Crippen molar-refractivity contribution in [2.75, 3.05) is 25.0 Å². The molecule has 1 heterocycles. The Morgan fingerprint density at radius 1 is 1.00 bits per heavy atom. The monoisotopic (exact) mass is 456 g/mol. The van der Waals surface area contributed by atoms with E-state index in [-0.39, 0.29) is 5.54 Å². The normalized spacial score (nSPS) is 11.2. The van der Waals surface area contributed by atoms with Crippen molar-refractivity contribution in [3.05, 3.63) is 54.1 Å². The molecule has 0 radical (unpaired) electrons. The second-order valence-electron chi connectivity index (χ2n) is 8.07. The van der Waals surface area contributed by atoms with Crippen LogP contribution < -0.4 is 5.32 Å². The van der Waals surface area contributed by atoms with Crippen LogP contribution in [-0.2, 0) is 16.0 Å². The van der Waals surface area contributed by atoms with Crippen LogP contribution in [-0.4, -0.2) is 62.4 Å². The molecular formula is C25H36N4O4. The first-order valence-electron chi connectivity index (χ1n) is 11.2. The smallest absolute Gasteiger partial charge is 0.328 e. The molecule has 1 aromatic carbocycles. The maximum absolute atomic E-state index is 9.55. The van der Waals surface area contributed by atoms with Crippen molar-refractivity contribution in [2.45, 2.75) is 53.0 Å². The lowest BCUT2D eigenvalue weighted by Gasteiger charge is -2.37. The van der Waals surface area contributed by atoms with Gasteiger partial charge in [0.25, 0.3) is 0 Å². The van der Waals surface area contributed by atoms with E-state index < -0.39 is 11.9 Å². The molecular weight excluding hydrogens is 420 g/mol. The Kier molecular flexibility index (Phi) is 11.8. The zero-order chi connectivity index (χ0) is 24.9. The third-order valence-electron chi connectivity index (χ3n) is 5.13. The SMILES string of the molecule is CCCc1cc(NCC(C)(C)N(CC)CC)nnc1-c1ccccc1.O=C(O)/C=C/C(=O)O. The van der Waals surface area contributed by atoms with Gasteiger partial charge < -0.3 is 15.5 Å². The number of hydrogen-bond acceptors (Lipinski definition) is 6. The number of aryl methyl sites for hydroxylation is 1. The highest BCUT2D eigenvalue weighted by Gasteiger charge is 2.24. The van der Waals surface area contributed by atoms with Crippen LogP contribution in [0.1, 0.15) is 46.6 Å². The zero-order valence-electron chi connectivity index (χ0n) is 20.2. The summed E-state index contributed by atoms with van der Waals surface area (Å²) in [6.45, 7) is 14.1. The predicted molar refractivity (Wildman–Crippen MR) is 131 cm³/mol. The Bertz CT molecular complexity index is 894. The largest absolute Gasteiger partial charge is 0.478 e. The van der Waals surface area contributed by atoms with Crippen molar-refractivity contribution in [1.82, 2.24) is 15.1 Å². The van der Waals surface area contributed by atoms with Crippen LogP contribution in [0.4, 0.5) is 5.82 Å². The molecule has 0 aliphatic carbocycles. The Balaban J connectivity index is 0.000000582. The molecule has 180 valence electrons. The molecule has 0 saturated carbocycles. The second-order valence-corrected chi connectivity index (χ2v) is 8.07. The number of nitrogens with zero attached hydrogens (tertiary/aromatic N) is 3. The highest BCUT2D eigenvalue weighted by atomic mass is 16.4. The predicted octanol–water partition coefficient (Wildman–Crippen LogP) is 4.34. The Morgan fingerprint density at radius 3 is 2.06 bits per heavy atom. The zero-order valence-corrected chi connectivity index (χ0v) is 20.2. The summed E-state index contributed by atoms with van der Waals surface area (Å²) in [6.07, 6.45) is 3.22. The van der Waals surface area contributed by atoms with E-state index in [1.807, 2.05) is 18.2 Å². The molecule has 2 aromatic rings. The van der Waals surface area contributed by atoms with Gasteiger partial charge in [0.2, 0.25) is 0 Å². The van der Waals surface area contributed by atoms with Gasteiger partial charge in [0.15, 0.2) is 0 Å². The third-order valence-corrected chi connectivity index (χ3v) is 5.13. The van der Waals surface area contributed by atoms with Crippen molar-refractivity contribution in [2.24, 2.45) is 0 Å². The number of carboxylic acid groups (broad SMARTS) is 2. The molecule has 8 nitrogen and oxygen atoms in total. The third kappa shape index (κ3) is 9.82. The standard InChI is InChI=1S/C21H32N4.C4H4O4/c1-6-12-18-15-19(22-16-21(4,5)25(7-2)8-3)23-24-20(18)17-13-10-9-11-14-17;5-3(6)1-2-4(7)8/h9-11,13-15H,6-8,12,16H2,1-5H3,(H,22,23);1-2H,(H,5,6)(H,7,8)/b;2-1+. The molecule has 0 unspecified atom stereocenters. The van der Waals surface area contributed by atoms with E-state index in [1.54, 1.807) is 0 Å². The molecule has 0 atom stereocenters. The summed E-state index contributed by atoms with van der Waals surface area (Å²) in [4.78, 5) is 21.6. The van der Waals surface area contributed by atoms with Crippen molar-refractivity contribution < 1.29 is 19.8 Å². The molecule has 0 amide bonds. The fraction of sp³-hybridized carbons (Fsp3) is 0.440. The summed E-state index contributed by atoms with van der Waals surface area (Å²) in [5.41, 5.74) is 3.46. The van der Waals surface area contributed by atoms with Gasteiger partial charge in [-0.05, 0) is 45.0 Å². The quantitative estimate of drug-likeness (QED) is 0.428. The lowest BCUT2D eigenvalue weighted by Crippen LogP contribution is -2.48. The van der Waals surface area contributed by atoms with Crippen LogP contribution in [0, 0.1) is 0 Å². The minimum atomic E-state index is -1.26. The van der Waals surface area contributed by atoms with Crippen molar-refractivity contribution in [3.8, 4) is 11.3 Å². The van der Waals surface area contributed by atoms with Gasteiger partial charge in [-0.2, -0.15) is 0 Å². The van der Waals surface area contributed by atoms with E-state index in [2.05, 4.69) is 73.2 Å². The minimum Gasteiger partial charge on any atom is -0.478 e. The first kappa shape index (κ1) is 27.8. The van der Waals surface area contributed by atoms with Gasteiger partial charge in [0.05, 0.1) is 5.69 Å². The number of benzene rings is 1. The number of anilines is 1. The Morgan fingerprint density at radius 2 is 1.58 bits per heavy atom. The van der Waals surface area contributed by atoms with Gasteiger partial charge in [0.1, 0.15) is 5.82 Å². The molecule has 33 heavy (non-hydrogen) atoms. The average molecular weight is 457 g/mol. The molecule has 0 bridgehead atoms. The van der Waals surface area contributed by atoms with E-state index in [0.29, 0.717) is 12.2 Å². The van der Waals surface area contributed by atoms with E-state index >= 15 is 0 Å². The molecule has 0 spiro atoms. The molecule has 1 aromatic heterocycles. The second kappa shape index (κ2) is 14.0. The fourth-order valence-electron chi connectivity index (χ4n) is 3.46. The van der Waals surface area contributed by atoms with E-state index in [1.165, 1.54) is 5.56 Å². The number of aliphatic carboxylic acids is 2. The highest BCUT2D eigenvalue weighted by molar-refractivity contribution is 5.89. The van der Waals surface area contributed by atoms with Crippen LogP contribution in [0.15, 0.2) is 48.6 Å². The van der Waals surface area contributed by atoms with E-state index in [9.17, 15) is 9.59 Å². The van der Waals surface area contributed by atoms with Crippen LogP contribution >= 0.6 is 0 Å². The summed E-state index contributed by atoms with van der Waals surface area (Å²) >= 11 is 0. The van der Waals surface area contributed by atoms with Crippen LogP contribution in [0.5, 0.6) is 0 Å². The Labute approximate surface area is 196 Å². The molecule has 0 saturated heterocycles. The lowest BCUT2D eigenvalue weighted by atomic mass is 10.0. The minimum absolute atomic E-state index is 0.0776. The van der Waals surface area contributed by atoms with Crippen molar-refractivity contribution >= 4 is 17.8 Å². The number of aromatic nitrogens is 2. The fourth-order valence-corrected chi connectivity index (χ4v) is 3.46. The van der Waals surface area contributed by atoms with Gasteiger partial charge in [-0.25, -0.2) is 9.59 Å². The van der Waals surface area contributed by atoms with Gasteiger partial charge in [-0.15, -0.1) is 10.2 Å². The van der Waals surface area contributed by atoms with Crippen LogP contribution in [0.3, 0.4) is 0 Å². The molecule has 3 N–H and O–H groups in total. The van der Waals surface area contributed by atoms with Gasteiger partial charge in [0, 0.05) is 29.8 Å². The summed E-state index contributed by atoms with van der Waals surface area (Å²) in [5, 5.41) is 28.1. The summed E-state index contributed by atoms with van der Waals surface area (Å²) in [6, 6.07) is 12.5. The lowest BCUT2D eigenvalue weighted by molar-refractivity contribution is -0.134. The summed E-state index contributed by atoms with van der Waals surface area (Å²) in [5.74, 6) is -1.65. The molecule has 0 fully saturated rings. The number of carbonyl (C=O) groups is 2. The number of hydrogen-bond donors (Lipinski definition) is 3. The van der Waals surface area contributed by atoms with Crippen LogP contribution in [0.2, 0.25) is 0 Å². The molecule has 8 heteroatoms. The number of carboxylic acids is 2. The molecule has 0 aliphatic heterocycles. The van der Waals surface area contributed by atoms with Gasteiger partial charge >= 0.3 is 11.9 Å². The summed E-state index contributed by atoms with van der Waals surface area (Å²) in [7, 11) is 0. The van der Waals surface area contributed by atoms with Crippen LogP contribution in [0.25, 0.3) is 11.3 Å². The van der Waals surface area contributed by atoms with Gasteiger partial charge in [-0.1, -0.05) is 57.5 Å². The van der Waals surface area contributed by atoms with Crippen molar-refractivity contribution in [1.29, 1.82) is 0 Å². The number of rotatable bonds is 11. The summed E-state index contributed by atoms with van der Waals surface area (Å²) < 4.78 is 0.